The third-order valence-corrected chi connectivity index (χ3v) is 6.94. The Hall–Kier alpha value is -2.69. The van der Waals surface area contributed by atoms with Crippen LogP contribution in [0.15, 0.2) is 52.0 Å². The number of anilines is 1. The number of likely N-dealkylation sites (tertiary alicyclic amines) is 1. The predicted octanol–water partition coefficient (Wildman–Crippen LogP) is 2.25. The molecule has 0 bridgehead atoms. The number of carbonyl (C=O) groups excluding carboxylic acids is 2. The topological polar surface area (TPSA) is 121 Å². The van der Waals surface area contributed by atoms with Crippen LogP contribution >= 0.6 is 0 Å². The van der Waals surface area contributed by atoms with Gasteiger partial charge in [-0.25, -0.2) is 8.42 Å². The number of rotatable bonds is 9. The van der Waals surface area contributed by atoms with Gasteiger partial charge in [0.15, 0.2) is 0 Å². The lowest BCUT2D eigenvalue weighted by Gasteiger charge is -2.33. The molecule has 1 aromatic heterocycles. The van der Waals surface area contributed by atoms with Crippen LogP contribution in [0.25, 0.3) is 0 Å². The monoisotopic (exact) mass is 462 g/mol. The molecule has 2 aromatic rings. The van der Waals surface area contributed by atoms with Crippen molar-refractivity contribution in [1.29, 1.82) is 0 Å². The number of sulfonamides is 1. The molecule has 2 atom stereocenters. The summed E-state index contributed by atoms with van der Waals surface area (Å²) in [7, 11) is -3.90. The first-order chi connectivity index (χ1) is 15.3. The molecule has 1 fully saturated rings. The summed E-state index contributed by atoms with van der Waals surface area (Å²) < 4.78 is 33.3. The van der Waals surface area contributed by atoms with Crippen molar-refractivity contribution in [1.82, 2.24) is 14.9 Å². The van der Waals surface area contributed by atoms with Gasteiger partial charge in [-0.2, -0.15) is 4.72 Å². The number of hydrogen-bond donors (Lipinski definition) is 3. The van der Waals surface area contributed by atoms with E-state index >= 15 is 0 Å². The molecule has 0 radical (unpaired) electrons. The van der Waals surface area contributed by atoms with Crippen molar-refractivity contribution in [2.45, 2.75) is 50.1 Å². The van der Waals surface area contributed by atoms with Gasteiger partial charge in [-0.3, -0.25) is 14.5 Å². The van der Waals surface area contributed by atoms with Gasteiger partial charge in [0.25, 0.3) is 0 Å². The molecular formula is C22H30N4O5S. The lowest BCUT2D eigenvalue weighted by Crippen LogP contribution is -2.47. The van der Waals surface area contributed by atoms with Gasteiger partial charge in [0.1, 0.15) is 5.76 Å². The lowest BCUT2D eigenvalue weighted by molar-refractivity contribution is -0.122. The third-order valence-electron chi connectivity index (χ3n) is 5.38. The molecule has 0 aliphatic carbocycles. The zero-order valence-electron chi connectivity index (χ0n) is 18.3. The molecule has 2 amide bonds. The van der Waals surface area contributed by atoms with E-state index in [0.717, 1.165) is 31.7 Å². The molecule has 174 valence electrons. The Bertz CT molecular complexity index is 999. The maximum Gasteiger partial charge on any atom is 0.241 e. The Labute approximate surface area is 188 Å². The molecule has 9 nitrogen and oxygen atoms in total. The van der Waals surface area contributed by atoms with Gasteiger partial charge in [-0.15, -0.1) is 0 Å². The van der Waals surface area contributed by atoms with E-state index in [-0.39, 0.29) is 16.8 Å². The lowest BCUT2D eigenvalue weighted by atomic mass is 10.1. The number of piperidine rings is 1. The molecule has 1 aliphatic heterocycles. The molecule has 1 saturated heterocycles. The smallest absolute Gasteiger partial charge is 0.241 e. The van der Waals surface area contributed by atoms with E-state index in [2.05, 4.69) is 20.3 Å². The first kappa shape index (κ1) is 24.0. The molecule has 3 N–H and O–H groups in total. The van der Waals surface area contributed by atoms with E-state index in [1.54, 1.807) is 6.26 Å². The summed E-state index contributed by atoms with van der Waals surface area (Å²) in [6.07, 6.45) is 5.00. The van der Waals surface area contributed by atoms with Crippen LogP contribution in [-0.4, -0.2) is 50.8 Å². The maximum atomic E-state index is 12.7. The van der Waals surface area contributed by atoms with E-state index in [9.17, 15) is 18.0 Å². The number of furan rings is 1. The summed E-state index contributed by atoms with van der Waals surface area (Å²) in [6, 6.07) is 8.39. The number of carbonyl (C=O) groups is 2. The highest BCUT2D eigenvalue weighted by molar-refractivity contribution is 7.89. The molecule has 3 rings (SSSR count). The number of nitrogens with zero attached hydrogens (tertiary/aromatic N) is 1. The summed E-state index contributed by atoms with van der Waals surface area (Å²) >= 11 is 0. The molecule has 1 aromatic carbocycles. The minimum Gasteiger partial charge on any atom is -0.468 e. The Morgan fingerprint density at radius 1 is 1.09 bits per heavy atom. The quantitative estimate of drug-likeness (QED) is 0.526. The van der Waals surface area contributed by atoms with E-state index in [1.807, 2.05) is 12.1 Å². The van der Waals surface area contributed by atoms with Crippen molar-refractivity contribution in [2.75, 3.05) is 25.0 Å². The van der Waals surface area contributed by atoms with Crippen molar-refractivity contribution < 1.29 is 22.4 Å². The summed E-state index contributed by atoms with van der Waals surface area (Å²) in [6.45, 7) is 5.05. The minimum absolute atomic E-state index is 0.00744. The second-order valence-corrected chi connectivity index (χ2v) is 9.64. The fraction of sp³-hybridized carbons (Fsp3) is 0.455. The number of hydrogen-bond acceptors (Lipinski definition) is 6. The average molecular weight is 463 g/mol. The molecule has 0 unspecified atom stereocenters. The minimum atomic E-state index is -3.90. The van der Waals surface area contributed by atoms with E-state index in [1.165, 1.54) is 44.5 Å². The fourth-order valence-corrected chi connectivity index (χ4v) is 4.95. The number of benzene rings is 1. The number of amides is 2. The van der Waals surface area contributed by atoms with Gasteiger partial charge < -0.3 is 15.1 Å². The average Bonchev–Trinajstić information content (AvgIpc) is 3.29. The molecule has 10 heteroatoms. The van der Waals surface area contributed by atoms with Crippen LogP contribution < -0.4 is 15.4 Å². The Balaban J connectivity index is 1.59. The second-order valence-electron chi connectivity index (χ2n) is 7.92. The zero-order valence-corrected chi connectivity index (χ0v) is 19.2. The van der Waals surface area contributed by atoms with Gasteiger partial charge in [0, 0.05) is 19.2 Å². The summed E-state index contributed by atoms with van der Waals surface area (Å²) in [5.41, 5.74) is 0.490. The Morgan fingerprint density at radius 3 is 2.38 bits per heavy atom. The zero-order chi connectivity index (χ0) is 23.1. The Kier molecular flexibility index (Phi) is 8.05. The SMILES string of the molecule is CC(=O)Nc1ccc(S(=O)(=O)N[C@@H](C)C(=O)NC[C@H](c2ccco2)N2CCCCC2)cc1. The van der Waals surface area contributed by atoms with E-state index in [4.69, 9.17) is 4.42 Å². The first-order valence-electron chi connectivity index (χ1n) is 10.7. The summed E-state index contributed by atoms with van der Waals surface area (Å²) in [5, 5.41) is 5.44. The second kappa shape index (κ2) is 10.8. The van der Waals surface area contributed by atoms with E-state index in [0.29, 0.717) is 12.2 Å². The van der Waals surface area contributed by atoms with Gasteiger partial charge in [0.2, 0.25) is 21.8 Å². The summed E-state index contributed by atoms with van der Waals surface area (Å²) in [4.78, 5) is 26.0. The van der Waals surface area contributed by atoms with Gasteiger partial charge in [-0.1, -0.05) is 6.42 Å². The molecule has 2 heterocycles. The van der Waals surface area contributed by atoms with Crippen LogP contribution in [0.4, 0.5) is 5.69 Å². The van der Waals surface area contributed by atoms with Crippen LogP contribution in [-0.2, 0) is 19.6 Å². The van der Waals surface area contributed by atoms with Gasteiger partial charge in [0.05, 0.1) is 23.2 Å². The molecule has 1 aliphatic rings. The van der Waals surface area contributed by atoms with Gasteiger partial charge >= 0.3 is 0 Å². The van der Waals surface area contributed by atoms with Crippen molar-refractivity contribution in [3.05, 3.63) is 48.4 Å². The molecular weight excluding hydrogens is 432 g/mol. The van der Waals surface area contributed by atoms with Crippen molar-refractivity contribution >= 4 is 27.5 Å². The molecule has 32 heavy (non-hydrogen) atoms. The maximum absolute atomic E-state index is 12.7. The van der Waals surface area contributed by atoms with Crippen molar-refractivity contribution in [2.24, 2.45) is 0 Å². The Morgan fingerprint density at radius 2 is 1.78 bits per heavy atom. The van der Waals surface area contributed by atoms with Crippen molar-refractivity contribution in [3.8, 4) is 0 Å². The fourth-order valence-electron chi connectivity index (χ4n) is 3.75. The van der Waals surface area contributed by atoms with Crippen molar-refractivity contribution in [3.63, 3.8) is 0 Å². The predicted molar refractivity (Wildman–Crippen MR) is 120 cm³/mol. The van der Waals surface area contributed by atoms with E-state index < -0.39 is 22.0 Å². The van der Waals surface area contributed by atoms with Crippen LogP contribution in [0.2, 0.25) is 0 Å². The highest BCUT2D eigenvalue weighted by Crippen LogP contribution is 2.24. The van der Waals surface area contributed by atoms with Crippen LogP contribution in [0.1, 0.15) is 44.9 Å². The summed E-state index contributed by atoms with van der Waals surface area (Å²) in [5.74, 6) is 0.109. The third kappa shape index (κ3) is 6.41. The standard InChI is InChI=1S/C22H30N4O5S/c1-16(25-32(29,30)19-10-8-18(9-11-19)24-17(2)27)22(28)23-15-20(21-7-6-14-31-21)26-12-4-3-5-13-26/h6-11,14,16,20,25H,3-5,12-13,15H2,1-2H3,(H,23,28)(H,24,27)/t16-,20+/m0/s1. The molecule has 0 spiro atoms. The normalized spacial score (nSPS) is 16.8. The molecule has 0 saturated carbocycles. The first-order valence-corrected chi connectivity index (χ1v) is 12.2. The van der Waals surface area contributed by atoms with Crippen LogP contribution in [0, 0.1) is 0 Å². The van der Waals surface area contributed by atoms with Crippen LogP contribution in [0.5, 0.6) is 0 Å². The highest BCUT2D eigenvalue weighted by atomic mass is 32.2. The highest BCUT2D eigenvalue weighted by Gasteiger charge is 2.27. The van der Waals surface area contributed by atoms with Gasteiger partial charge in [-0.05, 0) is 69.3 Å². The number of nitrogens with one attached hydrogen (secondary N) is 3. The van der Waals surface area contributed by atoms with Crippen LogP contribution in [0.3, 0.4) is 0 Å². The largest absolute Gasteiger partial charge is 0.468 e.